The fraction of sp³-hybridized carbons (Fsp3) is 0.231. The highest BCUT2D eigenvalue weighted by Gasteiger charge is 2.46. The van der Waals surface area contributed by atoms with Gasteiger partial charge in [-0.2, -0.15) is 0 Å². The molecule has 5 heterocycles. The first-order valence-corrected chi connectivity index (χ1v) is 11.7. The van der Waals surface area contributed by atoms with Gasteiger partial charge in [0, 0.05) is 36.5 Å². The number of hydrogen-bond acceptors (Lipinski definition) is 9. The summed E-state index contributed by atoms with van der Waals surface area (Å²) < 4.78 is 28.8. The van der Waals surface area contributed by atoms with Crippen molar-refractivity contribution in [1.82, 2.24) is 24.5 Å². The predicted molar refractivity (Wildman–Crippen MR) is 137 cm³/mol. The molecule has 37 heavy (non-hydrogen) atoms. The quantitative estimate of drug-likeness (QED) is 0.320. The summed E-state index contributed by atoms with van der Waals surface area (Å²) >= 11 is 0. The summed E-state index contributed by atoms with van der Waals surface area (Å²) in [5.74, 6) is 1.51. The van der Waals surface area contributed by atoms with Crippen LogP contribution in [-0.4, -0.2) is 61.6 Å². The van der Waals surface area contributed by atoms with Crippen LogP contribution in [0.15, 0.2) is 67.3 Å². The fourth-order valence-electron chi connectivity index (χ4n) is 4.59. The lowest BCUT2D eigenvalue weighted by atomic mass is 10.1. The minimum atomic E-state index is -1.73. The van der Waals surface area contributed by atoms with Crippen molar-refractivity contribution < 1.29 is 19.0 Å². The van der Waals surface area contributed by atoms with Crippen LogP contribution in [0, 0.1) is 0 Å². The Balaban J connectivity index is 1.27. The van der Waals surface area contributed by atoms with E-state index < -0.39 is 24.6 Å². The molecule has 1 aliphatic heterocycles. The van der Waals surface area contributed by atoms with Crippen molar-refractivity contribution in [3.63, 3.8) is 0 Å². The van der Waals surface area contributed by atoms with Gasteiger partial charge in [0.15, 0.2) is 12.4 Å². The standard InChI is InChI=1S/C26H24FN7O3/c1-29-20-8-6-14-5-7-15(10-18(14)33-20)36-12-19-23(35)22(27)26(37-19)34-11-16(17-4-2-3-9-30-17)21-24(28)31-13-32-25(21)34/h2-11,13,19,22-23,26,35H,12H2,1H3,(H,29,33)(H2,28,31,32)/t19-,22+,23-,26-/m1/s1. The summed E-state index contributed by atoms with van der Waals surface area (Å²) in [4.78, 5) is 17.3. The van der Waals surface area contributed by atoms with E-state index >= 15 is 4.39 Å². The summed E-state index contributed by atoms with van der Waals surface area (Å²) in [5.41, 5.74) is 8.57. The van der Waals surface area contributed by atoms with Gasteiger partial charge in [-0.3, -0.25) is 4.98 Å². The Hall–Kier alpha value is -4.35. The summed E-state index contributed by atoms with van der Waals surface area (Å²) in [6.45, 7) is -0.0568. The van der Waals surface area contributed by atoms with Crippen molar-refractivity contribution in [2.75, 3.05) is 24.7 Å². The number of benzene rings is 1. The van der Waals surface area contributed by atoms with Gasteiger partial charge >= 0.3 is 0 Å². The molecule has 11 heteroatoms. The fourth-order valence-corrected chi connectivity index (χ4v) is 4.59. The van der Waals surface area contributed by atoms with Crippen molar-refractivity contribution in [2.24, 2.45) is 0 Å². The van der Waals surface area contributed by atoms with Crippen molar-refractivity contribution in [3.8, 4) is 17.0 Å². The highest BCUT2D eigenvalue weighted by atomic mass is 19.1. The molecule has 188 valence electrons. The third kappa shape index (κ3) is 4.07. The van der Waals surface area contributed by atoms with Crippen LogP contribution >= 0.6 is 0 Å². The highest BCUT2D eigenvalue weighted by molar-refractivity contribution is 5.99. The number of nitrogens with one attached hydrogen (secondary N) is 1. The van der Waals surface area contributed by atoms with Gasteiger partial charge in [0.2, 0.25) is 0 Å². The number of alkyl halides is 1. The monoisotopic (exact) mass is 501 g/mol. The second kappa shape index (κ2) is 9.26. The molecule has 5 aromatic rings. The molecule has 1 saturated heterocycles. The molecule has 1 aromatic carbocycles. The first-order valence-electron chi connectivity index (χ1n) is 11.7. The maximum Gasteiger partial charge on any atom is 0.173 e. The van der Waals surface area contributed by atoms with Crippen LogP contribution in [0.25, 0.3) is 33.2 Å². The van der Waals surface area contributed by atoms with Gasteiger partial charge in [-0.15, -0.1) is 0 Å². The number of fused-ring (bicyclic) bond motifs is 2. The third-order valence-electron chi connectivity index (χ3n) is 6.48. The number of hydrogen-bond donors (Lipinski definition) is 3. The van der Waals surface area contributed by atoms with Crippen LogP contribution in [0.4, 0.5) is 16.0 Å². The molecule has 1 fully saturated rings. The number of nitrogen functional groups attached to an aromatic ring is 1. The average molecular weight is 502 g/mol. The van der Waals surface area contributed by atoms with E-state index in [0.29, 0.717) is 28.0 Å². The zero-order valence-corrected chi connectivity index (χ0v) is 19.8. The number of aliphatic hydroxyl groups is 1. The minimum absolute atomic E-state index is 0.0568. The summed E-state index contributed by atoms with van der Waals surface area (Å²) in [7, 11) is 1.80. The van der Waals surface area contributed by atoms with Crippen molar-refractivity contribution in [3.05, 3.63) is 67.3 Å². The molecule has 0 amide bonds. The average Bonchev–Trinajstić information content (AvgIpc) is 3.45. The largest absolute Gasteiger partial charge is 0.491 e. The zero-order chi connectivity index (χ0) is 25.5. The Labute approximate surface area is 210 Å². The van der Waals surface area contributed by atoms with Crippen molar-refractivity contribution >= 4 is 33.6 Å². The molecule has 1 aliphatic rings. The molecule has 0 aliphatic carbocycles. The van der Waals surface area contributed by atoms with E-state index in [1.807, 2.05) is 30.3 Å². The number of aliphatic hydroxyl groups excluding tert-OH is 1. The van der Waals surface area contributed by atoms with Crippen LogP contribution in [0.1, 0.15) is 6.23 Å². The van der Waals surface area contributed by atoms with Gasteiger partial charge in [-0.25, -0.2) is 19.3 Å². The molecule has 10 nitrogen and oxygen atoms in total. The molecule has 4 atom stereocenters. The molecule has 4 aromatic heterocycles. The van der Waals surface area contributed by atoms with E-state index in [9.17, 15) is 5.11 Å². The van der Waals surface area contributed by atoms with E-state index in [4.69, 9.17) is 15.2 Å². The van der Waals surface area contributed by atoms with Gasteiger partial charge in [0.25, 0.3) is 0 Å². The van der Waals surface area contributed by atoms with Crippen LogP contribution < -0.4 is 15.8 Å². The zero-order valence-electron chi connectivity index (χ0n) is 19.8. The molecule has 4 N–H and O–H groups in total. The molecular weight excluding hydrogens is 477 g/mol. The molecular formula is C26H24FN7O3. The second-order valence-electron chi connectivity index (χ2n) is 8.73. The van der Waals surface area contributed by atoms with E-state index in [1.54, 1.807) is 37.6 Å². The van der Waals surface area contributed by atoms with E-state index in [-0.39, 0.29) is 12.4 Å². The van der Waals surface area contributed by atoms with Gasteiger partial charge in [-0.1, -0.05) is 6.07 Å². The molecule has 0 radical (unpaired) electrons. The number of anilines is 2. The van der Waals surface area contributed by atoms with Gasteiger partial charge in [0.1, 0.15) is 48.2 Å². The summed E-state index contributed by atoms with van der Waals surface area (Å²) in [5, 5.41) is 15.2. The highest BCUT2D eigenvalue weighted by Crippen LogP contribution is 2.39. The van der Waals surface area contributed by atoms with Gasteiger partial charge in [-0.05, 0) is 36.4 Å². The predicted octanol–water partition coefficient (Wildman–Crippen LogP) is 3.34. The summed E-state index contributed by atoms with van der Waals surface area (Å²) in [6.07, 6.45) is -0.552. The number of nitrogens with zero attached hydrogens (tertiary/aromatic N) is 5. The molecule has 0 bridgehead atoms. The molecule has 0 saturated carbocycles. The van der Waals surface area contributed by atoms with Crippen molar-refractivity contribution in [1.29, 1.82) is 0 Å². The van der Waals surface area contributed by atoms with E-state index in [1.165, 1.54) is 10.9 Å². The van der Waals surface area contributed by atoms with E-state index in [0.717, 1.165) is 16.7 Å². The lowest BCUT2D eigenvalue weighted by Gasteiger charge is -2.17. The second-order valence-corrected chi connectivity index (χ2v) is 8.73. The minimum Gasteiger partial charge on any atom is -0.491 e. The molecule has 0 spiro atoms. The maximum atomic E-state index is 15.4. The van der Waals surface area contributed by atoms with Crippen LogP contribution in [0.3, 0.4) is 0 Å². The number of rotatable bonds is 6. The Bertz CT molecular complexity index is 1580. The number of ether oxygens (including phenoxy) is 2. The Morgan fingerprint density at radius 3 is 2.84 bits per heavy atom. The smallest absolute Gasteiger partial charge is 0.173 e. The first-order chi connectivity index (χ1) is 18.0. The molecule has 6 rings (SSSR count). The number of aromatic nitrogens is 5. The lowest BCUT2D eigenvalue weighted by Crippen LogP contribution is -2.32. The number of halogens is 1. The topological polar surface area (TPSA) is 133 Å². The molecule has 0 unspecified atom stereocenters. The maximum absolute atomic E-state index is 15.4. The van der Waals surface area contributed by atoms with E-state index in [2.05, 4.69) is 25.3 Å². The normalized spacial score (nSPS) is 21.5. The number of pyridine rings is 2. The first kappa shape index (κ1) is 23.1. The third-order valence-corrected chi connectivity index (χ3v) is 6.48. The van der Waals surface area contributed by atoms with Gasteiger partial charge < -0.3 is 30.2 Å². The lowest BCUT2D eigenvalue weighted by molar-refractivity contribution is -0.0410. The SMILES string of the molecule is CNc1ccc2ccc(OC[C@H]3O[C@@H](n4cc(-c5ccccn5)c5c(N)ncnc54)[C@@H](F)[C@@H]3O)cc2n1. The Kier molecular flexibility index (Phi) is 5.78. The van der Waals surface area contributed by atoms with Crippen LogP contribution in [0.5, 0.6) is 5.75 Å². The Morgan fingerprint density at radius 2 is 2.03 bits per heavy atom. The Morgan fingerprint density at radius 1 is 1.16 bits per heavy atom. The van der Waals surface area contributed by atoms with Gasteiger partial charge in [0.05, 0.1) is 16.6 Å². The van der Waals surface area contributed by atoms with Crippen LogP contribution in [-0.2, 0) is 4.74 Å². The number of nitrogens with two attached hydrogens (primary N) is 1. The van der Waals surface area contributed by atoms with Crippen LogP contribution in [0.2, 0.25) is 0 Å². The van der Waals surface area contributed by atoms with Crippen molar-refractivity contribution in [2.45, 2.75) is 24.6 Å². The summed E-state index contributed by atoms with van der Waals surface area (Å²) in [6, 6.07) is 14.8.